The van der Waals surface area contributed by atoms with Crippen molar-refractivity contribution in [3.8, 4) is 0 Å². The van der Waals surface area contributed by atoms with Crippen molar-refractivity contribution in [1.29, 1.82) is 0 Å². The van der Waals surface area contributed by atoms with E-state index < -0.39 is 16.1 Å². The van der Waals surface area contributed by atoms with Gasteiger partial charge in [-0.1, -0.05) is 44.2 Å². The molecule has 164 valence electrons. The molecule has 0 unspecified atom stereocenters. The summed E-state index contributed by atoms with van der Waals surface area (Å²) in [6.07, 6.45) is 4.52. The van der Waals surface area contributed by atoms with Crippen molar-refractivity contribution in [2.24, 2.45) is 0 Å². The van der Waals surface area contributed by atoms with Gasteiger partial charge in [0, 0.05) is 23.5 Å². The van der Waals surface area contributed by atoms with E-state index in [0.29, 0.717) is 30.8 Å². The molecule has 1 atom stereocenters. The number of fused-ring (bicyclic) bond motifs is 3. The van der Waals surface area contributed by atoms with Gasteiger partial charge in [-0.2, -0.15) is 4.31 Å². The first-order valence-electron chi connectivity index (χ1n) is 10.9. The lowest BCUT2D eigenvalue weighted by molar-refractivity contribution is 0.0843. The summed E-state index contributed by atoms with van der Waals surface area (Å²) >= 11 is 0. The number of hydrogen-bond donors (Lipinski definition) is 0. The van der Waals surface area contributed by atoms with Crippen molar-refractivity contribution < 1.29 is 13.2 Å². The number of carbonyl (C=O) groups is 1. The Bertz CT molecular complexity index is 1370. The zero-order chi connectivity index (χ0) is 22.5. The second-order valence-electron chi connectivity index (χ2n) is 8.58. The van der Waals surface area contributed by atoms with Gasteiger partial charge in [-0.05, 0) is 48.6 Å². The molecule has 4 aromatic rings. The van der Waals surface area contributed by atoms with Gasteiger partial charge in [-0.15, -0.1) is 0 Å². The first-order valence-corrected chi connectivity index (χ1v) is 12.3. The molecule has 1 fully saturated rings. The second-order valence-corrected chi connectivity index (χ2v) is 10.5. The van der Waals surface area contributed by atoms with Crippen LogP contribution in [-0.4, -0.2) is 40.8 Å². The summed E-state index contributed by atoms with van der Waals surface area (Å²) in [6, 6.07) is 15.8. The minimum Gasteiger partial charge on any atom is -0.277 e. The van der Waals surface area contributed by atoms with E-state index in [-0.39, 0.29) is 10.8 Å². The molecular weight excluding hydrogens is 422 g/mol. The van der Waals surface area contributed by atoms with Crippen LogP contribution >= 0.6 is 0 Å². The maximum Gasteiger partial charge on any atom is 0.250 e. The van der Waals surface area contributed by atoms with Crippen LogP contribution in [0.1, 0.15) is 43.0 Å². The van der Waals surface area contributed by atoms with Crippen molar-refractivity contribution in [3.63, 3.8) is 0 Å². The largest absolute Gasteiger partial charge is 0.277 e. The highest BCUT2D eigenvalue weighted by Crippen LogP contribution is 2.32. The van der Waals surface area contributed by atoms with Crippen LogP contribution < -0.4 is 0 Å². The summed E-state index contributed by atoms with van der Waals surface area (Å²) in [5.41, 5.74) is 2.55. The first kappa shape index (κ1) is 20.8. The Labute approximate surface area is 187 Å². The molecule has 32 heavy (non-hydrogen) atoms. The molecule has 0 radical (unpaired) electrons. The summed E-state index contributed by atoms with van der Waals surface area (Å²) in [7, 11) is -3.79. The number of para-hydroxylation sites is 1. The third-order valence-electron chi connectivity index (χ3n) is 6.34. The van der Waals surface area contributed by atoms with Gasteiger partial charge in [0.15, 0.2) is 0 Å². The molecule has 0 amide bonds. The molecular formula is C25H25N3O3S. The highest BCUT2D eigenvalue weighted by Gasteiger charge is 2.40. The van der Waals surface area contributed by atoms with Crippen molar-refractivity contribution >= 4 is 37.7 Å². The molecule has 0 N–H and O–H groups in total. The van der Waals surface area contributed by atoms with Crippen LogP contribution in [0.15, 0.2) is 71.9 Å². The fraction of sp³-hybridized carbons (Fsp3) is 0.280. The standard InChI is InChI=1S/C25H25N3O3S/c1-17(2)18-9-11-19(12-10-18)32(30,31)27-15-5-8-23(27)25(29)28-22-7-4-3-6-20(22)21-13-14-26-16-24(21)28/h3-4,6-7,9-14,16-17,23H,5,8,15H2,1-2H3/t23-/m0/s1. The number of rotatable bonds is 4. The molecule has 6 nitrogen and oxygen atoms in total. The lowest BCUT2D eigenvalue weighted by Crippen LogP contribution is -2.42. The molecule has 5 rings (SSSR count). The number of carbonyl (C=O) groups excluding carboxylic acids is 1. The van der Waals surface area contributed by atoms with Gasteiger partial charge in [0.05, 0.1) is 22.1 Å². The van der Waals surface area contributed by atoms with Gasteiger partial charge in [0.2, 0.25) is 15.9 Å². The number of hydrogen-bond acceptors (Lipinski definition) is 4. The van der Waals surface area contributed by atoms with E-state index in [4.69, 9.17) is 0 Å². The van der Waals surface area contributed by atoms with Crippen LogP contribution in [-0.2, 0) is 10.0 Å². The summed E-state index contributed by atoms with van der Waals surface area (Å²) in [4.78, 5) is 18.2. The van der Waals surface area contributed by atoms with Crippen molar-refractivity contribution in [3.05, 3.63) is 72.6 Å². The first-order chi connectivity index (χ1) is 15.4. The molecule has 0 bridgehead atoms. The number of aromatic nitrogens is 2. The van der Waals surface area contributed by atoms with Gasteiger partial charge in [-0.25, -0.2) is 8.42 Å². The van der Waals surface area contributed by atoms with E-state index in [9.17, 15) is 13.2 Å². The van der Waals surface area contributed by atoms with Gasteiger partial charge < -0.3 is 0 Å². The summed E-state index contributed by atoms with van der Waals surface area (Å²) in [6.45, 7) is 4.47. The zero-order valence-electron chi connectivity index (χ0n) is 18.1. The highest BCUT2D eigenvalue weighted by molar-refractivity contribution is 7.89. The number of sulfonamides is 1. The number of nitrogens with zero attached hydrogens (tertiary/aromatic N) is 3. The Balaban J connectivity index is 1.57. The van der Waals surface area contributed by atoms with E-state index in [1.54, 1.807) is 29.1 Å². The van der Waals surface area contributed by atoms with Gasteiger partial charge >= 0.3 is 0 Å². The molecule has 1 saturated heterocycles. The van der Waals surface area contributed by atoms with Gasteiger partial charge in [-0.3, -0.25) is 14.3 Å². The van der Waals surface area contributed by atoms with Crippen molar-refractivity contribution in [2.75, 3.05) is 6.54 Å². The molecule has 0 spiro atoms. The van der Waals surface area contributed by atoms with E-state index >= 15 is 0 Å². The van der Waals surface area contributed by atoms with Crippen LogP contribution in [0.3, 0.4) is 0 Å². The molecule has 0 saturated carbocycles. The van der Waals surface area contributed by atoms with Gasteiger partial charge in [0.25, 0.3) is 0 Å². The van der Waals surface area contributed by atoms with E-state index in [0.717, 1.165) is 21.9 Å². The van der Waals surface area contributed by atoms with Crippen LogP contribution in [0, 0.1) is 0 Å². The molecule has 0 aliphatic carbocycles. The van der Waals surface area contributed by atoms with Crippen molar-refractivity contribution in [1.82, 2.24) is 13.9 Å². The molecule has 1 aliphatic heterocycles. The fourth-order valence-corrected chi connectivity index (χ4v) is 6.29. The van der Waals surface area contributed by atoms with Gasteiger partial charge in [0.1, 0.15) is 6.04 Å². The van der Waals surface area contributed by atoms with Crippen LogP contribution in [0.25, 0.3) is 21.8 Å². The summed E-state index contributed by atoms with van der Waals surface area (Å²) in [5, 5.41) is 1.88. The van der Waals surface area contributed by atoms with Crippen LogP contribution in [0.5, 0.6) is 0 Å². The summed E-state index contributed by atoms with van der Waals surface area (Å²) < 4.78 is 30.0. The molecule has 1 aliphatic rings. The lowest BCUT2D eigenvalue weighted by atomic mass is 10.0. The lowest BCUT2D eigenvalue weighted by Gasteiger charge is -2.24. The Morgan fingerprint density at radius 2 is 1.72 bits per heavy atom. The SMILES string of the molecule is CC(C)c1ccc(S(=O)(=O)N2CCC[C@H]2C(=O)n2c3ccccc3c3ccncc32)cc1. The van der Waals surface area contributed by atoms with Crippen LogP contribution in [0.2, 0.25) is 0 Å². The number of benzene rings is 2. The average Bonchev–Trinajstić information content (AvgIpc) is 3.43. The summed E-state index contributed by atoms with van der Waals surface area (Å²) in [5.74, 6) is 0.0841. The monoisotopic (exact) mass is 447 g/mol. The highest BCUT2D eigenvalue weighted by atomic mass is 32.2. The Kier molecular flexibility index (Phi) is 5.10. The zero-order valence-corrected chi connectivity index (χ0v) is 18.9. The predicted molar refractivity (Wildman–Crippen MR) is 125 cm³/mol. The van der Waals surface area contributed by atoms with Crippen LogP contribution in [0.4, 0.5) is 0 Å². The minimum atomic E-state index is -3.79. The van der Waals surface area contributed by atoms with E-state index in [1.807, 2.05) is 42.5 Å². The quantitative estimate of drug-likeness (QED) is 0.450. The average molecular weight is 448 g/mol. The molecule has 2 aromatic heterocycles. The normalized spacial score (nSPS) is 17.5. The maximum absolute atomic E-state index is 13.8. The fourth-order valence-electron chi connectivity index (χ4n) is 4.64. The molecule has 7 heteroatoms. The Morgan fingerprint density at radius 3 is 2.47 bits per heavy atom. The molecule has 3 heterocycles. The van der Waals surface area contributed by atoms with E-state index in [2.05, 4.69) is 18.8 Å². The molecule has 2 aromatic carbocycles. The minimum absolute atomic E-state index is 0.227. The maximum atomic E-state index is 13.8. The topological polar surface area (TPSA) is 72.3 Å². The number of pyridine rings is 1. The third kappa shape index (κ3) is 3.24. The van der Waals surface area contributed by atoms with Crippen molar-refractivity contribution in [2.45, 2.75) is 43.5 Å². The Morgan fingerprint density at radius 1 is 1.00 bits per heavy atom. The smallest absolute Gasteiger partial charge is 0.250 e. The third-order valence-corrected chi connectivity index (χ3v) is 8.26. The second kappa shape index (κ2) is 7.83. The van der Waals surface area contributed by atoms with E-state index in [1.165, 1.54) is 4.31 Å². The Hall–Kier alpha value is -3.03. The predicted octanol–water partition coefficient (Wildman–Crippen LogP) is 4.81.